The van der Waals surface area contributed by atoms with Gasteiger partial charge in [-0.1, -0.05) is 18.5 Å². The van der Waals surface area contributed by atoms with Crippen LogP contribution in [0.3, 0.4) is 0 Å². The van der Waals surface area contributed by atoms with E-state index in [1.807, 2.05) is 27.0 Å². The average molecular weight is 285 g/mol. The van der Waals surface area contributed by atoms with Crippen LogP contribution in [0, 0.1) is 0 Å². The van der Waals surface area contributed by atoms with Gasteiger partial charge in [-0.3, -0.25) is 4.79 Å². The monoisotopic (exact) mass is 284 g/mol. The predicted molar refractivity (Wildman–Crippen MR) is 77.6 cm³/mol. The van der Waals surface area contributed by atoms with E-state index in [0.717, 1.165) is 12.0 Å². The summed E-state index contributed by atoms with van der Waals surface area (Å²) in [6.07, 6.45) is 0.900. The summed E-state index contributed by atoms with van der Waals surface area (Å²) in [5, 5.41) is 6.55. The summed E-state index contributed by atoms with van der Waals surface area (Å²) in [7, 11) is 1.85. The van der Waals surface area contributed by atoms with Gasteiger partial charge in [-0.05, 0) is 38.6 Å². The lowest BCUT2D eigenvalue weighted by molar-refractivity contribution is -0.123. The maximum atomic E-state index is 11.6. The van der Waals surface area contributed by atoms with Crippen molar-refractivity contribution in [3.8, 4) is 5.75 Å². The van der Waals surface area contributed by atoms with Crippen LogP contribution in [0.5, 0.6) is 5.75 Å². The molecule has 0 radical (unpaired) electrons. The molecule has 1 aromatic carbocycles. The average Bonchev–Trinajstić information content (AvgIpc) is 2.38. The lowest BCUT2D eigenvalue weighted by Gasteiger charge is -2.14. The van der Waals surface area contributed by atoms with Gasteiger partial charge in [-0.2, -0.15) is 0 Å². The fourth-order valence-corrected chi connectivity index (χ4v) is 1.77. The van der Waals surface area contributed by atoms with Crippen LogP contribution in [0.2, 0.25) is 5.02 Å². The summed E-state index contributed by atoms with van der Waals surface area (Å²) in [6.45, 7) is 4.65. The summed E-state index contributed by atoms with van der Waals surface area (Å²) < 4.78 is 5.54. The summed E-state index contributed by atoms with van der Waals surface area (Å²) in [6, 6.07) is 5.53. The first-order valence-electron chi connectivity index (χ1n) is 6.42. The molecule has 106 valence electrons. The molecule has 0 spiro atoms. The minimum atomic E-state index is -0.111. The summed E-state index contributed by atoms with van der Waals surface area (Å²) in [5.74, 6) is 0.567. The molecule has 1 unspecified atom stereocenters. The van der Waals surface area contributed by atoms with Crippen molar-refractivity contribution in [3.05, 3.63) is 28.8 Å². The molecular weight excluding hydrogens is 264 g/mol. The Morgan fingerprint density at radius 2 is 2.21 bits per heavy atom. The number of carbonyl (C=O) groups is 1. The molecule has 0 heterocycles. The van der Waals surface area contributed by atoms with Gasteiger partial charge in [0.05, 0.1) is 0 Å². The normalized spacial score (nSPS) is 12.0. The molecule has 0 aromatic heterocycles. The maximum absolute atomic E-state index is 11.6. The van der Waals surface area contributed by atoms with Crippen LogP contribution in [0.4, 0.5) is 0 Å². The first kappa shape index (κ1) is 15.8. The van der Waals surface area contributed by atoms with Crippen LogP contribution in [-0.4, -0.2) is 25.6 Å². The quantitative estimate of drug-likeness (QED) is 0.808. The smallest absolute Gasteiger partial charge is 0.258 e. The zero-order chi connectivity index (χ0) is 14.3. The van der Waals surface area contributed by atoms with E-state index >= 15 is 0 Å². The largest absolute Gasteiger partial charge is 0.483 e. The van der Waals surface area contributed by atoms with Crippen LogP contribution in [0.25, 0.3) is 0 Å². The van der Waals surface area contributed by atoms with Crippen LogP contribution in [0.15, 0.2) is 18.2 Å². The zero-order valence-corrected chi connectivity index (χ0v) is 12.4. The van der Waals surface area contributed by atoms with Gasteiger partial charge in [0.1, 0.15) is 5.75 Å². The molecular formula is C14H21ClN2O2. The molecule has 1 amide bonds. The highest BCUT2D eigenvalue weighted by Gasteiger charge is 2.09. The van der Waals surface area contributed by atoms with Crippen molar-refractivity contribution >= 4 is 17.5 Å². The van der Waals surface area contributed by atoms with Gasteiger partial charge in [0.2, 0.25) is 0 Å². The summed E-state index contributed by atoms with van der Waals surface area (Å²) >= 11 is 5.94. The number of rotatable bonds is 7. The van der Waals surface area contributed by atoms with E-state index in [9.17, 15) is 4.79 Å². The Morgan fingerprint density at radius 3 is 2.84 bits per heavy atom. The van der Waals surface area contributed by atoms with Crippen molar-refractivity contribution in [2.24, 2.45) is 0 Å². The molecule has 0 bridgehead atoms. The topological polar surface area (TPSA) is 50.4 Å². The molecule has 1 aromatic rings. The molecule has 0 fully saturated rings. The molecule has 0 saturated heterocycles. The minimum Gasteiger partial charge on any atom is -0.483 e. The Balaban J connectivity index is 2.59. The first-order valence-corrected chi connectivity index (χ1v) is 6.79. The van der Waals surface area contributed by atoms with E-state index in [1.165, 1.54) is 0 Å². The predicted octanol–water partition coefficient (Wildman–Crippen LogP) is 2.35. The second kappa shape index (κ2) is 8.02. The van der Waals surface area contributed by atoms with Gasteiger partial charge in [-0.15, -0.1) is 0 Å². The minimum absolute atomic E-state index is 0.0166. The van der Waals surface area contributed by atoms with E-state index < -0.39 is 0 Å². The Hall–Kier alpha value is -1.26. The van der Waals surface area contributed by atoms with Crippen molar-refractivity contribution in [1.82, 2.24) is 10.6 Å². The lowest BCUT2D eigenvalue weighted by atomic mass is 10.2. The van der Waals surface area contributed by atoms with Gasteiger partial charge < -0.3 is 15.4 Å². The van der Waals surface area contributed by atoms with Crippen LogP contribution < -0.4 is 15.4 Å². The van der Waals surface area contributed by atoms with Crippen molar-refractivity contribution in [1.29, 1.82) is 0 Å². The van der Waals surface area contributed by atoms with Crippen molar-refractivity contribution in [3.63, 3.8) is 0 Å². The number of carbonyl (C=O) groups excluding carboxylic acids is 1. The second-order valence-electron chi connectivity index (χ2n) is 4.45. The highest BCUT2D eigenvalue weighted by atomic mass is 35.5. The molecule has 0 saturated carbocycles. The highest BCUT2D eigenvalue weighted by molar-refractivity contribution is 6.30. The number of amides is 1. The second-order valence-corrected chi connectivity index (χ2v) is 4.88. The third kappa shape index (κ3) is 5.49. The number of hydrogen-bond acceptors (Lipinski definition) is 3. The number of halogens is 1. The Kier molecular flexibility index (Phi) is 6.67. The van der Waals surface area contributed by atoms with E-state index in [4.69, 9.17) is 16.3 Å². The SMILES string of the molecule is CCC(C)NC(=O)COc1ccc(Cl)cc1CNC. The fourth-order valence-electron chi connectivity index (χ4n) is 1.58. The van der Waals surface area contributed by atoms with Crippen molar-refractivity contribution in [2.45, 2.75) is 32.9 Å². The fraction of sp³-hybridized carbons (Fsp3) is 0.500. The zero-order valence-electron chi connectivity index (χ0n) is 11.6. The van der Waals surface area contributed by atoms with E-state index in [2.05, 4.69) is 10.6 Å². The Bertz CT molecular complexity index is 424. The van der Waals surface area contributed by atoms with Crippen LogP contribution in [0.1, 0.15) is 25.8 Å². The molecule has 5 heteroatoms. The molecule has 0 aliphatic heterocycles. The highest BCUT2D eigenvalue weighted by Crippen LogP contribution is 2.22. The first-order chi connectivity index (χ1) is 9.06. The number of benzene rings is 1. The van der Waals surface area contributed by atoms with Crippen LogP contribution in [-0.2, 0) is 11.3 Å². The molecule has 0 aliphatic rings. The lowest BCUT2D eigenvalue weighted by Crippen LogP contribution is -2.35. The third-order valence-corrected chi connectivity index (χ3v) is 3.00. The van der Waals surface area contributed by atoms with Crippen LogP contribution >= 0.6 is 11.6 Å². The molecule has 4 nitrogen and oxygen atoms in total. The molecule has 0 aliphatic carbocycles. The molecule has 1 rings (SSSR count). The summed E-state index contributed by atoms with van der Waals surface area (Å²) in [4.78, 5) is 11.6. The van der Waals surface area contributed by atoms with E-state index in [-0.39, 0.29) is 18.6 Å². The molecule has 2 N–H and O–H groups in total. The van der Waals surface area contributed by atoms with Crippen molar-refractivity contribution < 1.29 is 9.53 Å². The summed E-state index contributed by atoms with van der Waals surface area (Å²) in [5.41, 5.74) is 0.936. The molecule has 1 atom stereocenters. The van der Waals surface area contributed by atoms with Gasteiger partial charge in [0, 0.05) is 23.2 Å². The van der Waals surface area contributed by atoms with Gasteiger partial charge in [-0.25, -0.2) is 0 Å². The van der Waals surface area contributed by atoms with Gasteiger partial charge in [0.15, 0.2) is 6.61 Å². The van der Waals surface area contributed by atoms with E-state index in [0.29, 0.717) is 17.3 Å². The standard InChI is InChI=1S/C14H21ClN2O2/c1-4-10(2)17-14(18)9-19-13-6-5-12(15)7-11(13)8-16-3/h5-7,10,16H,4,8-9H2,1-3H3,(H,17,18). The van der Waals surface area contributed by atoms with E-state index in [1.54, 1.807) is 12.1 Å². The third-order valence-electron chi connectivity index (χ3n) is 2.77. The Labute approximate surface area is 119 Å². The molecule has 19 heavy (non-hydrogen) atoms. The van der Waals surface area contributed by atoms with Gasteiger partial charge in [0.25, 0.3) is 5.91 Å². The van der Waals surface area contributed by atoms with Crippen molar-refractivity contribution in [2.75, 3.05) is 13.7 Å². The maximum Gasteiger partial charge on any atom is 0.258 e. The van der Waals surface area contributed by atoms with Gasteiger partial charge >= 0.3 is 0 Å². The Morgan fingerprint density at radius 1 is 1.47 bits per heavy atom. The number of hydrogen-bond donors (Lipinski definition) is 2. The number of nitrogens with one attached hydrogen (secondary N) is 2. The number of ether oxygens (including phenoxy) is 1.